The van der Waals surface area contributed by atoms with E-state index in [0.717, 1.165) is 5.56 Å². The first kappa shape index (κ1) is 11.1. The molecule has 0 radical (unpaired) electrons. The zero-order valence-electron chi connectivity index (χ0n) is 9.21. The van der Waals surface area contributed by atoms with Crippen LogP contribution >= 0.6 is 0 Å². The Morgan fingerprint density at radius 2 is 2.00 bits per heavy atom. The fourth-order valence-corrected chi connectivity index (χ4v) is 1.89. The smallest absolute Gasteiger partial charge is 0.251 e. The molecule has 1 aromatic rings. The van der Waals surface area contributed by atoms with Crippen LogP contribution in [0.1, 0.15) is 18.4 Å². The van der Waals surface area contributed by atoms with Gasteiger partial charge in [-0.2, -0.15) is 0 Å². The molecule has 0 bridgehead atoms. The van der Waals surface area contributed by atoms with Crippen LogP contribution in [0.2, 0.25) is 0 Å². The molecule has 0 aromatic carbocycles. The van der Waals surface area contributed by atoms with E-state index in [1.54, 1.807) is 6.20 Å². The number of halogens is 2. The minimum atomic E-state index is -2.53. The highest BCUT2D eigenvalue weighted by Gasteiger charge is 2.34. The average molecular weight is 227 g/mol. The number of aryl methyl sites for hydroxylation is 1. The third-order valence-corrected chi connectivity index (χ3v) is 2.83. The monoisotopic (exact) mass is 227 g/mol. The summed E-state index contributed by atoms with van der Waals surface area (Å²) in [5.74, 6) is -1.91. The lowest BCUT2D eigenvalue weighted by atomic mass is 10.1. The van der Waals surface area contributed by atoms with Gasteiger partial charge in [-0.25, -0.2) is 13.8 Å². The van der Waals surface area contributed by atoms with Gasteiger partial charge in [-0.3, -0.25) is 0 Å². The predicted molar refractivity (Wildman–Crippen MR) is 59.8 cm³/mol. The number of piperidine rings is 1. The quantitative estimate of drug-likeness (QED) is 0.799. The van der Waals surface area contributed by atoms with Crippen LogP contribution in [-0.4, -0.2) is 24.0 Å². The molecule has 88 valence electrons. The Labute approximate surface area is 93.3 Å². The topological polar surface area (TPSA) is 42.2 Å². The van der Waals surface area contributed by atoms with E-state index in [1.807, 2.05) is 17.9 Å². The largest absolute Gasteiger partial charge is 0.396 e. The van der Waals surface area contributed by atoms with Gasteiger partial charge in [0.25, 0.3) is 5.92 Å². The van der Waals surface area contributed by atoms with Gasteiger partial charge in [-0.05, 0) is 18.6 Å². The van der Waals surface area contributed by atoms with Crippen LogP contribution in [0.25, 0.3) is 0 Å². The maximum absolute atomic E-state index is 13.0. The number of rotatable bonds is 1. The highest BCUT2D eigenvalue weighted by Crippen LogP contribution is 2.31. The van der Waals surface area contributed by atoms with E-state index in [-0.39, 0.29) is 12.8 Å². The SMILES string of the molecule is Cc1cnc(N2CCC(F)(F)CC2)c(N)c1. The van der Waals surface area contributed by atoms with Crippen molar-refractivity contribution in [2.75, 3.05) is 23.7 Å². The van der Waals surface area contributed by atoms with Crippen LogP contribution in [-0.2, 0) is 0 Å². The van der Waals surface area contributed by atoms with E-state index in [0.29, 0.717) is 24.6 Å². The lowest BCUT2D eigenvalue weighted by Gasteiger charge is -2.33. The number of pyridine rings is 1. The molecule has 0 unspecified atom stereocenters. The Bertz CT molecular complexity index is 383. The molecule has 1 aliphatic heterocycles. The first-order valence-corrected chi connectivity index (χ1v) is 5.33. The number of aromatic nitrogens is 1. The molecule has 3 nitrogen and oxygen atoms in total. The molecule has 0 amide bonds. The second-order valence-electron chi connectivity index (χ2n) is 4.27. The van der Waals surface area contributed by atoms with Crippen LogP contribution in [0.4, 0.5) is 20.3 Å². The summed E-state index contributed by atoms with van der Waals surface area (Å²) in [4.78, 5) is 6.03. The summed E-state index contributed by atoms with van der Waals surface area (Å²) < 4.78 is 26.0. The zero-order chi connectivity index (χ0) is 11.8. The molecular formula is C11H15F2N3. The number of hydrogen-bond acceptors (Lipinski definition) is 3. The van der Waals surface area contributed by atoms with Crippen molar-refractivity contribution in [3.05, 3.63) is 17.8 Å². The molecule has 1 saturated heterocycles. The van der Waals surface area contributed by atoms with Gasteiger partial charge in [-0.15, -0.1) is 0 Å². The fourth-order valence-electron chi connectivity index (χ4n) is 1.89. The molecule has 16 heavy (non-hydrogen) atoms. The molecule has 1 aliphatic rings. The predicted octanol–water partition coefficient (Wildman–Crippen LogP) is 2.21. The van der Waals surface area contributed by atoms with Crippen molar-refractivity contribution in [3.63, 3.8) is 0 Å². The molecule has 0 aliphatic carbocycles. The molecular weight excluding hydrogens is 212 g/mol. The minimum Gasteiger partial charge on any atom is -0.396 e. The van der Waals surface area contributed by atoms with E-state index in [9.17, 15) is 8.78 Å². The lowest BCUT2D eigenvalue weighted by molar-refractivity contribution is -0.0221. The van der Waals surface area contributed by atoms with Gasteiger partial charge < -0.3 is 10.6 Å². The number of nitrogens with two attached hydrogens (primary N) is 1. The Kier molecular flexibility index (Phi) is 2.69. The number of nitrogens with zero attached hydrogens (tertiary/aromatic N) is 2. The summed E-state index contributed by atoms with van der Waals surface area (Å²) in [6.07, 6.45) is 1.46. The third kappa shape index (κ3) is 2.23. The normalized spacial score (nSPS) is 19.8. The Hall–Kier alpha value is -1.39. The van der Waals surface area contributed by atoms with Gasteiger partial charge in [0.05, 0.1) is 5.69 Å². The Balaban J connectivity index is 2.14. The van der Waals surface area contributed by atoms with Gasteiger partial charge in [-0.1, -0.05) is 0 Å². The molecule has 2 N–H and O–H groups in total. The van der Waals surface area contributed by atoms with E-state index in [1.165, 1.54) is 0 Å². The second-order valence-corrected chi connectivity index (χ2v) is 4.27. The van der Waals surface area contributed by atoms with Crippen molar-refractivity contribution in [2.24, 2.45) is 0 Å². The van der Waals surface area contributed by atoms with Crippen LogP contribution < -0.4 is 10.6 Å². The molecule has 1 fully saturated rings. The van der Waals surface area contributed by atoms with Crippen LogP contribution in [0.15, 0.2) is 12.3 Å². The third-order valence-electron chi connectivity index (χ3n) is 2.83. The van der Waals surface area contributed by atoms with Crippen molar-refractivity contribution >= 4 is 11.5 Å². The second kappa shape index (κ2) is 3.88. The van der Waals surface area contributed by atoms with E-state index in [4.69, 9.17) is 5.73 Å². The van der Waals surface area contributed by atoms with Crippen LogP contribution in [0, 0.1) is 6.92 Å². The number of anilines is 2. The fraction of sp³-hybridized carbons (Fsp3) is 0.545. The van der Waals surface area contributed by atoms with E-state index < -0.39 is 5.92 Å². The molecule has 1 aromatic heterocycles. The molecule has 0 spiro atoms. The Morgan fingerprint density at radius 3 is 2.56 bits per heavy atom. The first-order chi connectivity index (χ1) is 7.48. The number of alkyl halides is 2. The van der Waals surface area contributed by atoms with Gasteiger partial charge in [0.15, 0.2) is 5.82 Å². The summed E-state index contributed by atoms with van der Waals surface area (Å²) in [6.45, 7) is 2.53. The van der Waals surface area contributed by atoms with Gasteiger partial charge >= 0.3 is 0 Å². The van der Waals surface area contributed by atoms with Crippen molar-refractivity contribution in [3.8, 4) is 0 Å². The van der Waals surface area contributed by atoms with E-state index in [2.05, 4.69) is 4.98 Å². The van der Waals surface area contributed by atoms with Crippen LogP contribution in [0.3, 0.4) is 0 Å². The number of nitrogen functional groups attached to an aromatic ring is 1. The van der Waals surface area contributed by atoms with Gasteiger partial charge in [0, 0.05) is 32.1 Å². The van der Waals surface area contributed by atoms with Crippen molar-refractivity contribution < 1.29 is 8.78 Å². The maximum Gasteiger partial charge on any atom is 0.251 e. The maximum atomic E-state index is 13.0. The zero-order valence-corrected chi connectivity index (χ0v) is 9.21. The summed E-state index contributed by atoms with van der Waals surface area (Å²) in [6, 6.07) is 1.81. The van der Waals surface area contributed by atoms with Crippen molar-refractivity contribution in [1.82, 2.24) is 4.98 Å². The van der Waals surface area contributed by atoms with Crippen molar-refractivity contribution in [1.29, 1.82) is 0 Å². The standard InChI is InChI=1S/C11H15F2N3/c1-8-6-9(14)10(15-7-8)16-4-2-11(12,13)3-5-16/h6-7H,2-5,14H2,1H3. The highest BCUT2D eigenvalue weighted by molar-refractivity contribution is 5.63. The highest BCUT2D eigenvalue weighted by atomic mass is 19.3. The summed E-state index contributed by atoms with van der Waals surface area (Å²) in [7, 11) is 0. The molecule has 2 heterocycles. The van der Waals surface area contributed by atoms with Crippen molar-refractivity contribution in [2.45, 2.75) is 25.7 Å². The first-order valence-electron chi connectivity index (χ1n) is 5.33. The summed E-state index contributed by atoms with van der Waals surface area (Å²) >= 11 is 0. The molecule has 2 rings (SSSR count). The molecule has 5 heteroatoms. The molecule has 0 atom stereocenters. The van der Waals surface area contributed by atoms with Gasteiger partial charge in [0.2, 0.25) is 0 Å². The minimum absolute atomic E-state index is 0.123. The summed E-state index contributed by atoms with van der Waals surface area (Å²) in [5.41, 5.74) is 7.36. The summed E-state index contributed by atoms with van der Waals surface area (Å²) in [5, 5.41) is 0. The van der Waals surface area contributed by atoms with Gasteiger partial charge in [0.1, 0.15) is 0 Å². The lowest BCUT2D eigenvalue weighted by Crippen LogP contribution is -2.40. The van der Waals surface area contributed by atoms with E-state index >= 15 is 0 Å². The molecule has 0 saturated carbocycles. The van der Waals surface area contributed by atoms with Crippen LogP contribution in [0.5, 0.6) is 0 Å². The average Bonchev–Trinajstić information content (AvgIpc) is 2.19. The number of hydrogen-bond donors (Lipinski definition) is 1. The Morgan fingerprint density at radius 1 is 1.38 bits per heavy atom.